The first kappa shape index (κ1) is 17.2. The van der Waals surface area contributed by atoms with Crippen LogP contribution in [0.4, 0.5) is 5.82 Å². The van der Waals surface area contributed by atoms with Crippen LogP contribution in [0.15, 0.2) is 41.4 Å². The number of benzene rings is 1. The van der Waals surface area contributed by atoms with Gasteiger partial charge in [0.15, 0.2) is 0 Å². The molecule has 1 aromatic carbocycles. The highest BCUT2D eigenvalue weighted by Crippen LogP contribution is 2.20. The third kappa shape index (κ3) is 4.20. The molecule has 1 heterocycles. The van der Waals surface area contributed by atoms with Gasteiger partial charge in [-0.2, -0.15) is 5.26 Å². The van der Waals surface area contributed by atoms with Crippen LogP contribution in [-0.4, -0.2) is 27.5 Å². The number of nitrogens with one attached hydrogen (secondary N) is 1. The van der Waals surface area contributed by atoms with Gasteiger partial charge in [0, 0.05) is 26.8 Å². The summed E-state index contributed by atoms with van der Waals surface area (Å²) in [7, 11) is -0.0255. The molecule has 0 saturated carbocycles. The second-order valence-electron chi connectivity index (χ2n) is 4.99. The molecule has 0 unspecified atom stereocenters. The number of hydrogen-bond acceptors (Lipinski definition) is 5. The Balaban J connectivity index is 2.19. The van der Waals surface area contributed by atoms with Crippen molar-refractivity contribution in [3.05, 3.63) is 52.7 Å². The molecule has 120 valence electrons. The SMILES string of the molecule is CN(C)c1cc(CNS(=O)(=O)c2ccc(Cl)c(C#N)c2)ccn1. The number of pyridine rings is 1. The van der Waals surface area contributed by atoms with Crippen LogP contribution in [0.1, 0.15) is 11.1 Å². The molecule has 0 amide bonds. The quantitative estimate of drug-likeness (QED) is 0.892. The Morgan fingerprint density at radius 1 is 1.30 bits per heavy atom. The lowest BCUT2D eigenvalue weighted by Gasteiger charge is -2.12. The molecule has 6 nitrogen and oxygen atoms in total. The van der Waals surface area contributed by atoms with Crippen molar-refractivity contribution in [2.45, 2.75) is 11.4 Å². The largest absolute Gasteiger partial charge is 0.363 e. The normalized spacial score (nSPS) is 11.0. The number of hydrogen-bond donors (Lipinski definition) is 1. The molecule has 0 aliphatic carbocycles. The molecule has 1 aromatic heterocycles. The van der Waals surface area contributed by atoms with Gasteiger partial charge in [0.1, 0.15) is 11.9 Å². The maximum Gasteiger partial charge on any atom is 0.240 e. The number of rotatable bonds is 5. The molecular weight excluding hydrogens is 336 g/mol. The van der Waals surface area contributed by atoms with Crippen LogP contribution in [0.3, 0.4) is 0 Å². The van der Waals surface area contributed by atoms with Gasteiger partial charge in [0.2, 0.25) is 10.0 Å². The van der Waals surface area contributed by atoms with Gasteiger partial charge in [0.05, 0.1) is 15.5 Å². The molecule has 1 N–H and O–H groups in total. The van der Waals surface area contributed by atoms with Crippen LogP contribution in [-0.2, 0) is 16.6 Å². The average Bonchev–Trinajstić information content (AvgIpc) is 2.53. The zero-order valence-corrected chi connectivity index (χ0v) is 14.2. The number of aromatic nitrogens is 1. The first-order valence-corrected chi connectivity index (χ1v) is 8.51. The lowest BCUT2D eigenvalue weighted by Crippen LogP contribution is -2.23. The predicted molar refractivity (Wildman–Crippen MR) is 88.8 cm³/mol. The molecular formula is C15H15ClN4O2S. The van der Waals surface area contributed by atoms with E-state index in [1.807, 2.05) is 25.1 Å². The molecule has 23 heavy (non-hydrogen) atoms. The lowest BCUT2D eigenvalue weighted by molar-refractivity contribution is 0.581. The Labute approximate surface area is 140 Å². The summed E-state index contributed by atoms with van der Waals surface area (Å²) in [6.07, 6.45) is 1.62. The van der Waals surface area contributed by atoms with Gasteiger partial charge < -0.3 is 4.90 Å². The fourth-order valence-electron chi connectivity index (χ4n) is 1.83. The number of nitriles is 1. The van der Waals surface area contributed by atoms with Crippen molar-refractivity contribution in [3.63, 3.8) is 0 Å². The summed E-state index contributed by atoms with van der Waals surface area (Å²) >= 11 is 5.82. The Hall–Kier alpha value is -2.14. The van der Waals surface area contributed by atoms with Crippen LogP contribution in [0.5, 0.6) is 0 Å². The van der Waals surface area contributed by atoms with E-state index in [0.29, 0.717) is 0 Å². The summed E-state index contributed by atoms with van der Waals surface area (Å²) in [5.74, 6) is 0.736. The van der Waals surface area contributed by atoms with E-state index in [0.717, 1.165) is 11.4 Å². The second-order valence-corrected chi connectivity index (χ2v) is 7.17. The Morgan fingerprint density at radius 3 is 2.70 bits per heavy atom. The van der Waals surface area contributed by atoms with Crippen LogP contribution in [0.2, 0.25) is 5.02 Å². The lowest BCUT2D eigenvalue weighted by atomic mass is 10.2. The van der Waals surface area contributed by atoms with E-state index < -0.39 is 10.0 Å². The fourth-order valence-corrected chi connectivity index (χ4v) is 3.04. The number of anilines is 1. The maximum absolute atomic E-state index is 12.3. The number of sulfonamides is 1. The van der Waals surface area contributed by atoms with Gasteiger partial charge in [-0.1, -0.05) is 11.6 Å². The Kier molecular flexibility index (Phi) is 5.21. The van der Waals surface area contributed by atoms with E-state index in [1.165, 1.54) is 18.2 Å². The first-order valence-electron chi connectivity index (χ1n) is 6.65. The van der Waals surface area contributed by atoms with Crippen LogP contribution >= 0.6 is 11.6 Å². The van der Waals surface area contributed by atoms with Crippen molar-refractivity contribution in [2.24, 2.45) is 0 Å². The Morgan fingerprint density at radius 2 is 2.04 bits per heavy atom. The van der Waals surface area contributed by atoms with E-state index in [2.05, 4.69) is 9.71 Å². The standard InChI is InChI=1S/C15H15ClN4O2S/c1-20(2)15-7-11(5-6-18-15)10-19-23(21,22)13-3-4-14(16)12(8-13)9-17/h3-8,19H,10H2,1-2H3. The third-order valence-corrected chi connectivity index (χ3v) is 4.83. The zero-order chi connectivity index (χ0) is 17.0. The summed E-state index contributed by atoms with van der Waals surface area (Å²) < 4.78 is 27.1. The number of halogens is 1. The van der Waals surface area contributed by atoms with Gasteiger partial charge >= 0.3 is 0 Å². The molecule has 0 spiro atoms. The Bertz CT molecular complexity index is 860. The number of nitrogens with zero attached hydrogens (tertiary/aromatic N) is 3. The summed E-state index contributed by atoms with van der Waals surface area (Å²) in [6, 6.07) is 9.41. The summed E-state index contributed by atoms with van der Waals surface area (Å²) in [6.45, 7) is 0.121. The zero-order valence-electron chi connectivity index (χ0n) is 12.6. The topological polar surface area (TPSA) is 86.1 Å². The van der Waals surface area contributed by atoms with Gasteiger partial charge in [-0.15, -0.1) is 0 Å². The van der Waals surface area contributed by atoms with Crippen molar-refractivity contribution in [2.75, 3.05) is 19.0 Å². The van der Waals surface area contributed by atoms with Crippen molar-refractivity contribution in [3.8, 4) is 6.07 Å². The van der Waals surface area contributed by atoms with Gasteiger partial charge in [-0.25, -0.2) is 18.1 Å². The smallest absolute Gasteiger partial charge is 0.240 e. The van der Waals surface area contributed by atoms with Gasteiger partial charge in [0.25, 0.3) is 0 Å². The minimum atomic E-state index is -3.73. The van der Waals surface area contributed by atoms with E-state index in [4.69, 9.17) is 16.9 Å². The second kappa shape index (κ2) is 6.96. The monoisotopic (exact) mass is 350 g/mol. The summed E-state index contributed by atoms with van der Waals surface area (Å²) in [5, 5.41) is 9.16. The van der Waals surface area contributed by atoms with Crippen molar-refractivity contribution in [1.29, 1.82) is 5.26 Å². The van der Waals surface area contributed by atoms with E-state index in [9.17, 15) is 8.42 Å². The molecule has 8 heteroatoms. The molecule has 0 saturated heterocycles. The van der Waals surface area contributed by atoms with E-state index in [1.54, 1.807) is 18.3 Å². The molecule has 0 aliphatic rings. The highest BCUT2D eigenvalue weighted by atomic mass is 35.5. The van der Waals surface area contributed by atoms with E-state index in [-0.39, 0.29) is 22.0 Å². The van der Waals surface area contributed by atoms with Crippen LogP contribution in [0.25, 0.3) is 0 Å². The first-order chi connectivity index (χ1) is 10.8. The van der Waals surface area contributed by atoms with Gasteiger partial charge in [-0.3, -0.25) is 0 Å². The molecule has 0 atom stereocenters. The fraction of sp³-hybridized carbons (Fsp3) is 0.200. The minimum absolute atomic E-state index is 0.000314. The molecule has 0 bridgehead atoms. The maximum atomic E-state index is 12.3. The molecule has 2 rings (SSSR count). The molecule has 0 fully saturated rings. The molecule has 0 aliphatic heterocycles. The average molecular weight is 351 g/mol. The van der Waals surface area contributed by atoms with Crippen molar-refractivity contribution < 1.29 is 8.42 Å². The van der Waals surface area contributed by atoms with Crippen LogP contribution in [0, 0.1) is 11.3 Å². The highest BCUT2D eigenvalue weighted by Gasteiger charge is 2.15. The molecule has 2 aromatic rings. The van der Waals surface area contributed by atoms with Gasteiger partial charge in [-0.05, 0) is 35.9 Å². The third-order valence-electron chi connectivity index (χ3n) is 3.10. The molecule has 0 radical (unpaired) electrons. The van der Waals surface area contributed by atoms with E-state index >= 15 is 0 Å². The highest BCUT2D eigenvalue weighted by molar-refractivity contribution is 7.89. The summed E-state index contributed by atoms with van der Waals surface area (Å²) in [5.41, 5.74) is 0.898. The summed E-state index contributed by atoms with van der Waals surface area (Å²) in [4.78, 5) is 6.00. The van der Waals surface area contributed by atoms with Crippen molar-refractivity contribution in [1.82, 2.24) is 9.71 Å². The van der Waals surface area contributed by atoms with Crippen molar-refractivity contribution >= 4 is 27.4 Å². The van der Waals surface area contributed by atoms with Crippen LogP contribution < -0.4 is 9.62 Å². The minimum Gasteiger partial charge on any atom is -0.363 e. The predicted octanol–water partition coefficient (Wildman–Crippen LogP) is 2.15.